The molecule has 0 fully saturated rings. The summed E-state index contributed by atoms with van der Waals surface area (Å²) in [5.74, 6) is 0.223. The van der Waals surface area contributed by atoms with E-state index in [1.165, 1.54) is 12.1 Å². The molecule has 108 valence electrons. The van der Waals surface area contributed by atoms with Crippen LogP contribution in [-0.4, -0.2) is 10.1 Å². The van der Waals surface area contributed by atoms with Crippen molar-refractivity contribution in [3.05, 3.63) is 34.1 Å². The van der Waals surface area contributed by atoms with Gasteiger partial charge in [-0.2, -0.15) is 18.2 Å². The number of hydrogen-bond acceptors (Lipinski definition) is 4. The highest BCUT2D eigenvalue weighted by atomic mass is 79.9. The third-order valence-corrected chi connectivity index (χ3v) is 3.21. The van der Waals surface area contributed by atoms with Crippen LogP contribution < -0.4 is 5.73 Å². The Labute approximate surface area is 121 Å². The van der Waals surface area contributed by atoms with Crippen molar-refractivity contribution in [2.45, 2.75) is 25.6 Å². The van der Waals surface area contributed by atoms with E-state index in [1.807, 2.05) is 0 Å². The Balaban J connectivity index is 2.47. The van der Waals surface area contributed by atoms with Crippen LogP contribution in [0.25, 0.3) is 11.5 Å². The lowest BCUT2D eigenvalue weighted by Gasteiger charge is -2.11. The Morgan fingerprint density at radius 2 is 1.90 bits per heavy atom. The van der Waals surface area contributed by atoms with E-state index in [2.05, 4.69) is 26.1 Å². The lowest BCUT2D eigenvalue weighted by molar-refractivity contribution is -0.138. The van der Waals surface area contributed by atoms with Crippen molar-refractivity contribution in [3.63, 3.8) is 0 Å². The Hall–Kier alpha value is -1.41. The Morgan fingerprint density at radius 3 is 2.40 bits per heavy atom. The number of halogens is 4. The second kappa shape index (κ2) is 4.85. The molecule has 1 heterocycles. The Morgan fingerprint density at radius 1 is 1.25 bits per heavy atom. The molecule has 0 aliphatic heterocycles. The van der Waals surface area contributed by atoms with Crippen LogP contribution in [-0.2, 0) is 11.7 Å². The van der Waals surface area contributed by atoms with Gasteiger partial charge in [0.05, 0.1) is 11.1 Å². The minimum absolute atomic E-state index is 0.00322. The van der Waals surface area contributed by atoms with E-state index in [9.17, 15) is 13.2 Å². The molecular formula is C12H11BrF3N3O. The molecule has 0 spiro atoms. The smallest absolute Gasteiger partial charge is 0.334 e. The number of aromatic nitrogens is 2. The summed E-state index contributed by atoms with van der Waals surface area (Å²) in [6.07, 6.45) is -4.47. The van der Waals surface area contributed by atoms with Gasteiger partial charge in [0.2, 0.25) is 0 Å². The normalized spacial score (nSPS) is 12.8. The number of rotatable bonds is 2. The van der Waals surface area contributed by atoms with Crippen LogP contribution in [0.5, 0.6) is 0 Å². The molecule has 0 unspecified atom stereocenters. The van der Waals surface area contributed by atoms with Gasteiger partial charge in [0.25, 0.3) is 5.89 Å². The van der Waals surface area contributed by atoms with Crippen LogP contribution >= 0.6 is 15.9 Å². The molecule has 0 radical (unpaired) electrons. The monoisotopic (exact) mass is 349 g/mol. The summed E-state index contributed by atoms with van der Waals surface area (Å²) >= 11 is 2.87. The van der Waals surface area contributed by atoms with Gasteiger partial charge in [-0.15, -0.1) is 0 Å². The fourth-order valence-electron chi connectivity index (χ4n) is 1.48. The second-order valence-corrected chi connectivity index (χ2v) is 5.69. The molecule has 20 heavy (non-hydrogen) atoms. The predicted molar refractivity (Wildman–Crippen MR) is 69.6 cm³/mol. The lowest BCUT2D eigenvalue weighted by atomic mass is 10.1. The van der Waals surface area contributed by atoms with E-state index in [-0.39, 0.29) is 21.8 Å². The zero-order valence-corrected chi connectivity index (χ0v) is 12.2. The fraction of sp³-hybridized carbons (Fsp3) is 0.333. The maximum absolute atomic E-state index is 12.8. The van der Waals surface area contributed by atoms with Gasteiger partial charge < -0.3 is 10.3 Å². The van der Waals surface area contributed by atoms with Gasteiger partial charge in [-0.1, -0.05) is 21.1 Å². The van der Waals surface area contributed by atoms with Gasteiger partial charge in [-0.25, -0.2) is 0 Å². The standard InChI is InChI=1S/C12H11BrF3N3O/c1-11(2,17)10-18-9(20-19-10)6-3-4-8(13)7(5-6)12(14,15)16/h3-5H,17H2,1-2H3. The summed E-state index contributed by atoms with van der Waals surface area (Å²) in [5.41, 5.74) is 4.35. The Bertz CT molecular complexity index is 632. The van der Waals surface area contributed by atoms with E-state index in [1.54, 1.807) is 13.8 Å². The number of hydrogen-bond donors (Lipinski definition) is 1. The molecule has 2 N–H and O–H groups in total. The van der Waals surface area contributed by atoms with Crippen LogP contribution in [0.3, 0.4) is 0 Å². The molecule has 0 aliphatic carbocycles. The van der Waals surface area contributed by atoms with E-state index in [4.69, 9.17) is 10.3 Å². The van der Waals surface area contributed by atoms with Gasteiger partial charge >= 0.3 is 6.18 Å². The third kappa shape index (κ3) is 3.01. The summed E-state index contributed by atoms with van der Waals surface area (Å²) in [4.78, 5) is 4.02. The first-order valence-electron chi connectivity index (χ1n) is 5.59. The highest BCUT2D eigenvalue weighted by Crippen LogP contribution is 2.37. The number of nitrogens with zero attached hydrogens (tertiary/aromatic N) is 2. The van der Waals surface area contributed by atoms with Crippen LogP contribution in [0.15, 0.2) is 27.2 Å². The second-order valence-electron chi connectivity index (χ2n) is 4.84. The molecule has 0 saturated heterocycles. The van der Waals surface area contributed by atoms with Gasteiger partial charge in [0.1, 0.15) is 0 Å². The number of alkyl halides is 3. The SMILES string of the molecule is CC(C)(N)c1noc(-c2ccc(Br)c(C(F)(F)F)c2)n1. The molecule has 1 aromatic heterocycles. The molecule has 4 nitrogen and oxygen atoms in total. The van der Waals surface area contributed by atoms with Gasteiger partial charge in [-0.3, -0.25) is 0 Å². The van der Waals surface area contributed by atoms with Crippen molar-refractivity contribution in [3.8, 4) is 11.5 Å². The minimum atomic E-state index is -4.47. The van der Waals surface area contributed by atoms with Gasteiger partial charge in [0.15, 0.2) is 5.82 Å². The van der Waals surface area contributed by atoms with E-state index < -0.39 is 17.3 Å². The summed E-state index contributed by atoms with van der Waals surface area (Å²) in [5, 5.41) is 3.67. The molecule has 8 heteroatoms. The summed E-state index contributed by atoms with van der Waals surface area (Å²) < 4.78 is 43.4. The van der Waals surface area contributed by atoms with Crippen molar-refractivity contribution in [2.75, 3.05) is 0 Å². The van der Waals surface area contributed by atoms with Crippen molar-refractivity contribution in [2.24, 2.45) is 5.73 Å². The minimum Gasteiger partial charge on any atom is -0.334 e. The van der Waals surface area contributed by atoms with Crippen LogP contribution in [0, 0.1) is 0 Å². The molecule has 1 aromatic carbocycles. The maximum atomic E-state index is 12.8. The molecule has 0 atom stereocenters. The molecule has 0 aliphatic rings. The summed E-state index contributed by atoms with van der Waals surface area (Å²) in [7, 11) is 0. The fourth-order valence-corrected chi connectivity index (χ4v) is 1.95. The van der Waals surface area contributed by atoms with Crippen LogP contribution in [0.4, 0.5) is 13.2 Å². The first kappa shape index (κ1) is 15.0. The molecule has 2 aromatic rings. The summed E-state index contributed by atoms with van der Waals surface area (Å²) in [6, 6.07) is 3.70. The highest BCUT2D eigenvalue weighted by molar-refractivity contribution is 9.10. The molecular weight excluding hydrogens is 339 g/mol. The summed E-state index contributed by atoms with van der Waals surface area (Å²) in [6.45, 7) is 3.34. The number of nitrogens with two attached hydrogens (primary N) is 1. The lowest BCUT2D eigenvalue weighted by Crippen LogP contribution is -2.30. The average Bonchev–Trinajstić information content (AvgIpc) is 2.77. The van der Waals surface area contributed by atoms with E-state index >= 15 is 0 Å². The van der Waals surface area contributed by atoms with Crippen molar-refractivity contribution >= 4 is 15.9 Å². The van der Waals surface area contributed by atoms with Crippen LogP contribution in [0.2, 0.25) is 0 Å². The van der Waals surface area contributed by atoms with Crippen molar-refractivity contribution < 1.29 is 17.7 Å². The third-order valence-electron chi connectivity index (χ3n) is 2.52. The number of benzene rings is 1. The van der Waals surface area contributed by atoms with Crippen LogP contribution in [0.1, 0.15) is 25.2 Å². The zero-order valence-electron chi connectivity index (χ0n) is 10.6. The zero-order chi connectivity index (χ0) is 15.1. The first-order chi connectivity index (χ1) is 9.09. The quantitative estimate of drug-likeness (QED) is 0.897. The predicted octanol–water partition coefficient (Wildman–Crippen LogP) is 3.71. The van der Waals surface area contributed by atoms with E-state index in [0.717, 1.165) is 6.07 Å². The van der Waals surface area contributed by atoms with Crippen molar-refractivity contribution in [1.29, 1.82) is 0 Å². The van der Waals surface area contributed by atoms with Crippen molar-refractivity contribution in [1.82, 2.24) is 10.1 Å². The molecule has 2 rings (SSSR count). The molecule has 0 bridgehead atoms. The maximum Gasteiger partial charge on any atom is 0.417 e. The largest absolute Gasteiger partial charge is 0.417 e. The van der Waals surface area contributed by atoms with Gasteiger partial charge in [0, 0.05) is 10.0 Å². The molecule has 0 saturated carbocycles. The molecule has 0 amide bonds. The Kier molecular flexibility index (Phi) is 3.64. The first-order valence-corrected chi connectivity index (χ1v) is 6.38. The topological polar surface area (TPSA) is 64.9 Å². The van der Waals surface area contributed by atoms with E-state index in [0.29, 0.717) is 0 Å². The van der Waals surface area contributed by atoms with Gasteiger partial charge in [-0.05, 0) is 32.0 Å². The average molecular weight is 350 g/mol. The highest BCUT2D eigenvalue weighted by Gasteiger charge is 2.33.